The Hall–Kier alpha value is -3.50. The van der Waals surface area contributed by atoms with E-state index >= 15 is 0 Å². The Morgan fingerprint density at radius 3 is 2.64 bits per heavy atom. The summed E-state index contributed by atoms with van der Waals surface area (Å²) in [5, 5.41) is 9.52. The van der Waals surface area contributed by atoms with Crippen LogP contribution in [0.15, 0.2) is 41.5 Å². The van der Waals surface area contributed by atoms with Gasteiger partial charge in [0.1, 0.15) is 13.2 Å². The number of rotatable bonds is 8. The molecule has 0 unspecified atom stereocenters. The monoisotopic (exact) mass is 493 g/mol. The fourth-order valence-corrected chi connectivity index (χ4v) is 5.02. The summed E-state index contributed by atoms with van der Waals surface area (Å²) in [5.41, 5.74) is 3.44. The molecule has 36 heavy (non-hydrogen) atoms. The van der Waals surface area contributed by atoms with Gasteiger partial charge in [-0.3, -0.25) is 24.5 Å². The average molecular weight is 494 g/mol. The van der Waals surface area contributed by atoms with Crippen molar-refractivity contribution in [2.24, 2.45) is 0 Å². The number of likely N-dealkylation sites (tertiary alicyclic amines) is 1. The second-order valence-corrected chi connectivity index (χ2v) is 9.43. The van der Waals surface area contributed by atoms with Gasteiger partial charge in [0.15, 0.2) is 11.5 Å². The van der Waals surface area contributed by atoms with Crippen molar-refractivity contribution < 1.29 is 19.4 Å². The van der Waals surface area contributed by atoms with Gasteiger partial charge in [0, 0.05) is 44.0 Å². The molecule has 0 amide bonds. The van der Waals surface area contributed by atoms with Gasteiger partial charge in [-0.25, -0.2) is 0 Å². The maximum Gasteiger partial charge on any atom is 0.317 e. The number of hydrogen-bond acceptors (Lipinski definition) is 8. The molecule has 0 spiro atoms. The molecule has 190 valence electrons. The lowest BCUT2D eigenvalue weighted by Gasteiger charge is -2.38. The lowest BCUT2D eigenvalue weighted by molar-refractivity contribution is -0.139. The SMILES string of the molecule is Cc1cnc2ccc(=O)n(CCN3CCC(N(CC(=O)O)Cc4cc5c(cn4)OCCO5)CC3)c2c1. The van der Waals surface area contributed by atoms with E-state index in [0.29, 0.717) is 37.8 Å². The Balaban J connectivity index is 1.21. The van der Waals surface area contributed by atoms with Gasteiger partial charge in [-0.05, 0) is 50.6 Å². The Bertz CT molecular complexity index is 1300. The Labute approximate surface area is 209 Å². The number of aromatic nitrogens is 3. The number of carboxylic acid groups (broad SMARTS) is 1. The summed E-state index contributed by atoms with van der Waals surface area (Å²) in [5.74, 6) is 0.430. The molecule has 0 aromatic carbocycles. The minimum Gasteiger partial charge on any atom is -0.486 e. The first-order valence-electron chi connectivity index (χ1n) is 12.4. The van der Waals surface area contributed by atoms with E-state index in [1.807, 2.05) is 30.2 Å². The van der Waals surface area contributed by atoms with Crippen molar-refractivity contribution in [2.75, 3.05) is 39.4 Å². The van der Waals surface area contributed by atoms with Crippen molar-refractivity contribution in [3.05, 3.63) is 58.3 Å². The highest BCUT2D eigenvalue weighted by Gasteiger charge is 2.27. The summed E-state index contributed by atoms with van der Waals surface area (Å²) in [4.78, 5) is 37.4. The van der Waals surface area contributed by atoms with Crippen LogP contribution >= 0.6 is 0 Å². The topological polar surface area (TPSA) is 110 Å². The molecule has 1 N–H and O–H groups in total. The van der Waals surface area contributed by atoms with Crippen LogP contribution < -0.4 is 15.0 Å². The molecule has 0 bridgehead atoms. The van der Waals surface area contributed by atoms with Gasteiger partial charge in [-0.1, -0.05) is 0 Å². The van der Waals surface area contributed by atoms with Gasteiger partial charge >= 0.3 is 5.97 Å². The van der Waals surface area contributed by atoms with Crippen LogP contribution in [0.4, 0.5) is 0 Å². The molecule has 1 saturated heterocycles. The fourth-order valence-electron chi connectivity index (χ4n) is 5.02. The minimum atomic E-state index is -0.853. The van der Waals surface area contributed by atoms with Crippen LogP contribution in [0.1, 0.15) is 24.1 Å². The Morgan fingerprint density at radius 2 is 1.86 bits per heavy atom. The lowest BCUT2D eigenvalue weighted by Crippen LogP contribution is -2.47. The minimum absolute atomic E-state index is 0.0238. The molecular formula is C26H31N5O5. The molecule has 3 aromatic rings. The summed E-state index contributed by atoms with van der Waals surface area (Å²) in [6.07, 6.45) is 5.16. The van der Waals surface area contributed by atoms with Crippen molar-refractivity contribution >= 4 is 17.0 Å². The zero-order valence-electron chi connectivity index (χ0n) is 20.4. The van der Waals surface area contributed by atoms with Gasteiger partial charge in [0.2, 0.25) is 0 Å². The van der Waals surface area contributed by atoms with Gasteiger partial charge < -0.3 is 24.0 Å². The third-order valence-corrected chi connectivity index (χ3v) is 6.88. The number of nitrogens with zero attached hydrogens (tertiary/aromatic N) is 5. The summed E-state index contributed by atoms with van der Waals surface area (Å²) >= 11 is 0. The largest absolute Gasteiger partial charge is 0.486 e. The molecule has 0 radical (unpaired) electrons. The molecule has 0 aliphatic carbocycles. The summed E-state index contributed by atoms with van der Waals surface area (Å²) in [6.45, 7) is 6.39. The number of ether oxygens (including phenoxy) is 2. The van der Waals surface area contributed by atoms with Gasteiger partial charge in [0.05, 0.1) is 29.5 Å². The van der Waals surface area contributed by atoms with E-state index in [0.717, 1.165) is 54.8 Å². The van der Waals surface area contributed by atoms with Crippen molar-refractivity contribution in [3.8, 4) is 11.5 Å². The molecule has 0 atom stereocenters. The molecule has 2 aliphatic heterocycles. The number of hydrogen-bond donors (Lipinski definition) is 1. The Kier molecular flexibility index (Phi) is 7.15. The molecular weight excluding hydrogens is 462 g/mol. The van der Waals surface area contributed by atoms with Crippen LogP contribution in [0.5, 0.6) is 11.5 Å². The predicted molar refractivity (Wildman–Crippen MR) is 133 cm³/mol. The van der Waals surface area contributed by atoms with Crippen LogP contribution in [-0.4, -0.2) is 80.8 Å². The van der Waals surface area contributed by atoms with E-state index in [2.05, 4.69) is 14.9 Å². The molecule has 1 fully saturated rings. The second kappa shape index (κ2) is 10.6. The predicted octanol–water partition coefficient (Wildman–Crippen LogP) is 1.92. The number of aliphatic carboxylic acids is 1. The molecule has 10 nitrogen and oxygen atoms in total. The van der Waals surface area contributed by atoms with Gasteiger partial charge in [0.25, 0.3) is 5.56 Å². The zero-order valence-corrected chi connectivity index (χ0v) is 20.4. The number of carbonyl (C=O) groups is 1. The number of fused-ring (bicyclic) bond motifs is 2. The van der Waals surface area contributed by atoms with E-state index in [4.69, 9.17) is 9.47 Å². The van der Waals surface area contributed by atoms with E-state index in [9.17, 15) is 14.7 Å². The molecule has 3 aromatic heterocycles. The highest BCUT2D eigenvalue weighted by molar-refractivity contribution is 5.74. The van der Waals surface area contributed by atoms with Gasteiger partial charge in [-0.2, -0.15) is 0 Å². The van der Waals surface area contributed by atoms with Crippen molar-refractivity contribution in [3.63, 3.8) is 0 Å². The van der Waals surface area contributed by atoms with E-state index < -0.39 is 5.97 Å². The van der Waals surface area contributed by atoms with E-state index in [-0.39, 0.29) is 18.1 Å². The quantitative estimate of drug-likeness (QED) is 0.503. The molecule has 2 aliphatic rings. The summed E-state index contributed by atoms with van der Waals surface area (Å²) in [7, 11) is 0. The third-order valence-electron chi connectivity index (χ3n) is 6.88. The first-order chi connectivity index (χ1) is 17.5. The number of aryl methyl sites for hydroxylation is 1. The van der Waals surface area contributed by atoms with Gasteiger partial charge in [-0.15, -0.1) is 0 Å². The maximum atomic E-state index is 12.6. The van der Waals surface area contributed by atoms with Crippen LogP contribution in [0.3, 0.4) is 0 Å². The fraction of sp³-hybridized carbons (Fsp3) is 0.462. The number of piperidine rings is 1. The molecule has 10 heteroatoms. The normalized spacial score (nSPS) is 16.5. The first kappa shape index (κ1) is 24.2. The summed E-state index contributed by atoms with van der Waals surface area (Å²) in [6, 6.07) is 7.33. The standard InChI is InChI=1S/C26H31N5O5/c1-18-12-22-21(28-14-18)2-3-25(32)31(22)9-8-29-6-4-20(5-7-29)30(17-26(33)34)16-19-13-23-24(15-27-19)36-11-10-35-23/h2-3,12-15,20H,4-11,16-17H2,1H3,(H,33,34). The molecule has 5 rings (SSSR count). The highest BCUT2D eigenvalue weighted by atomic mass is 16.6. The number of pyridine rings is 3. The highest BCUT2D eigenvalue weighted by Crippen LogP contribution is 2.30. The second-order valence-electron chi connectivity index (χ2n) is 9.43. The van der Waals surface area contributed by atoms with Crippen molar-refractivity contribution in [2.45, 2.75) is 38.9 Å². The van der Waals surface area contributed by atoms with Crippen LogP contribution in [0.25, 0.3) is 11.0 Å². The zero-order chi connectivity index (χ0) is 25.1. The van der Waals surface area contributed by atoms with E-state index in [1.165, 1.54) is 0 Å². The number of carboxylic acids is 1. The first-order valence-corrected chi connectivity index (χ1v) is 12.4. The van der Waals surface area contributed by atoms with Crippen LogP contribution in [-0.2, 0) is 17.9 Å². The maximum absolute atomic E-state index is 12.6. The van der Waals surface area contributed by atoms with E-state index in [1.54, 1.807) is 22.9 Å². The van der Waals surface area contributed by atoms with Crippen molar-refractivity contribution in [1.82, 2.24) is 24.3 Å². The third kappa shape index (κ3) is 5.50. The van der Waals surface area contributed by atoms with Crippen LogP contribution in [0, 0.1) is 6.92 Å². The van der Waals surface area contributed by atoms with Crippen molar-refractivity contribution in [1.29, 1.82) is 0 Å². The molecule has 0 saturated carbocycles. The average Bonchev–Trinajstić information content (AvgIpc) is 2.88. The summed E-state index contributed by atoms with van der Waals surface area (Å²) < 4.78 is 13.0. The molecule has 5 heterocycles. The Morgan fingerprint density at radius 1 is 1.08 bits per heavy atom. The van der Waals surface area contributed by atoms with Crippen LogP contribution in [0.2, 0.25) is 0 Å². The smallest absolute Gasteiger partial charge is 0.317 e. The lowest BCUT2D eigenvalue weighted by atomic mass is 10.0.